The van der Waals surface area contributed by atoms with Gasteiger partial charge >= 0.3 is 0 Å². The van der Waals surface area contributed by atoms with Crippen LogP contribution >= 0.6 is 23.2 Å². The highest BCUT2D eigenvalue weighted by Gasteiger charge is 2.09. The Bertz CT molecular complexity index is 894. The van der Waals surface area contributed by atoms with Crippen LogP contribution in [0.3, 0.4) is 0 Å². The number of nitrogens with one attached hydrogen (secondary N) is 1. The van der Waals surface area contributed by atoms with Gasteiger partial charge in [0.2, 0.25) is 0 Å². The minimum absolute atomic E-state index is 0.330. The molecule has 0 aromatic heterocycles. The van der Waals surface area contributed by atoms with Crippen molar-refractivity contribution in [2.75, 3.05) is 13.7 Å². The van der Waals surface area contributed by atoms with E-state index in [1.165, 1.54) is 5.56 Å². The van der Waals surface area contributed by atoms with Crippen LogP contribution in [-0.4, -0.2) is 13.7 Å². The maximum absolute atomic E-state index is 6.23. The fourth-order valence-electron chi connectivity index (χ4n) is 2.97. The van der Waals surface area contributed by atoms with Gasteiger partial charge in [-0.1, -0.05) is 65.7 Å². The molecule has 0 atom stereocenters. The normalized spacial score (nSPS) is 10.7. The zero-order valence-electron chi connectivity index (χ0n) is 15.8. The minimum atomic E-state index is 0.330. The summed E-state index contributed by atoms with van der Waals surface area (Å²) in [6.45, 7) is 1.88. The summed E-state index contributed by atoms with van der Waals surface area (Å²) in [7, 11) is 1.70. The number of para-hydroxylation sites is 2. The first kappa shape index (κ1) is 20.5. The van der Waals surface area contributed by atoms with Gasteiger partial charge < -0.3 is 14.8 Å². The molecule has 3 aromatic carbocycles. The highest BCUT2D eigenvalue weighted by Crippen LogP contribution is 2.27. The van der Waals surface area contributed by atoms with Gasteiger partial charge in [0.1, 0.15) is 18.1 Å². The predicted octanol–water partition coefficient (Wildman–Crippen LogP) is 5.91. The van der Waals surface area contributed by atoms with Crippen LogP contribution in [0.1, 0.15) is 16.7 Å². The molecule has 0 aliphatic heterocycles. The number of benzene rings is 3. The molecule has 1 N–H and O–H groups in total. The van der Waals surface area contributed by atoms with E-state index in [2.05, 4.69) is 17.4 Å². The maximum atomic E-state index is 6.23. The zero-order chi connectivity index (χ0) is 19.8. The summed E-state index contributed by atoms with van der Waals surface area (Å²) < 4.78 is 11.4. The van der Waals surface area contributed by atoms with Crippen molar-refractivity contribution in [2.24, 2.45) is 0 Å². The molecule has 0 saturated carbocycles. The second-order valence-corrected chi connectivity index (χ2v) is 7.15. The smallest absolute Gasteiger partial charge is 0.124 e. The number of hydrogen-bond acceptors (Lipinski definition) is 3. The SMILES string of the molecule is COc1ccccc1CCNCc1ccccc1OCc1c(Cl)cccc1Cl. The van der Waals surface area contributed by atoms with Gasteiger partial charge in [0, 0.05) is 27.7 Å². The van der Waals surface area contributed by atoms with Gasteiger partial charge in [-0.25, -0.2) is 0 Å². The van der Waals surface area contributed by atoms with Crippen molar-refractivity contribution in [3.8, 4) is 11.5 Å². The van der Waals surface area contributed by atoms with Gasteiger partial charge in [-0.05, 0) is 42.8 Å². The Kier molecular flexibility index (Phi) is 7.61. The van der Waals surface area contributed by atoms with E-state index in [1.54, 1.807) is 7.11 Å². The van der Waals surface area contributed by atoms with Crippen molar-refractivity contribution in [2.45, 2.75) is 19.6 Å². The fourth-order valence-corrected chi connectivity index (χ4v) is 3.47. The van der Waals surface area contributed by atoms with E-state index in [4.69, 9.17) is 32.7 Å². The second-order valence-electron chi connectivity index (χ2n) is 6.34. The van der Waals surface area contributed by atoms with Gasteiger partial charge in [0.05, 0.1) is 7.11 Å². The molecule has 28 heavy (non-hydrogen) atoms. The number of rotatable bonds is 9. The van der Waals surface area contributed by atoms with Crippen molar-refractivity contribution in [3.63, 3.8) is 0 Å². The Morgan fingerprint density at radius 1 is 0.786 bits per heavy atom. The topological polar surface area (TPSA) is 30.5 Å². The first-order valence-corrected chi connectivity index (χ1v) is 9.91. The van der Waals surface area contributed by atoms with Crippen molar-refractivity contribution >= 4 is 23.2 Å². The van der Waals surface area contributed by atoms with Crippen molar-refractivity contribution in [1.82, 2.24) is 5.32 Å². The molecule has 0 spiro atoms. The van der Waals surface area contributed by atoms with Crippen LogP contribution < -0.4 is 14.8 Å². The predicted molar refractivity (Wildman–Crippen MR) is 116 cm³/mol. The van der Waals surface area contributed by atoms with Crippen LogP contribution in [0.5, 0.6) is 11.5 Å². The van der Waals surface area contributed by atoms with E-state index >= 15 is 0 Å². The minimum Gasteiger partial charge on any atom is -0.496 e. The monoisotopic (exact) mass is 415 g/mol. The van der Waals surface area contributed by atoms with Crippen LogP contribution in [0.2, 0.25) is 10.0 Å². The maximum Gasteiger partial charge on any atom is 0.124 e. The van der Waals surface area contributed by atoms with Crippen molar-refractivity contribution in [3.05, 3.63) is 93.5 Å². The molecule has 3 rings (SSSR count). The van der Waals surface area contributed by atoms with E-state index in [0.29, 0.717) is 23.2 Å². The van der Waals surface area contributed by atoms with Crippen LogP contribution in [0.4, 0.5) is 0 Å². The Balaban J connectivity index is 1.57. The quantitative estimate of drug-likeness (QED) is 0.440. The van der Waals surface area contributed by atoms with Crippen LogP contribution in [-0.2, 0) is 19.6 Å². The van der Waals surface area contributed by atoms with Gasteiger partial charge in [-0.3, -0.25) is 0 Å². The summed E-state index contributed by atoms with van der Waals surface area (Å²) in [6, 6.07) is 21.5. The number of hydrogen-bond donors (Lipinski definition) is 1. The number of halogens is 2. The van der Waals surface area contributed by atoms with E-state index < -0.39 is 0 Å². The molecule has 0 fully saturated rings. The summed E-state index contributed by atoms with van der Waals surface area (Å²) in [5.74, 6) is 1.74. The first-order valence-electron chi connectivity index (χ1n) is 9.15. The molecule has 0 aliphatic rings. The average Bonchev–Trinajstić information content (AvgIpc) is 2.72. The van der Waals surface area contributed by atoms with E-state index in [-0.39, 0.29) is 0 Å². The van der Waals surface area contributed by atoms with Crippen molar-refractivity contribution < 1.29 is 9.47 Å². The fraction of sp³-hybridized carbons (Fsp3) is 0.217. The molecule has 0 amide bonds. The molecule has 0 saturated heterocycles. The Labute approximate surface area is 176 Å². The largest absolute Gasteiger partial charge is 0.496 e. The number of ether oxygens (including phenoxy) is 2. The van der Waals surface area contributed by atoms with Crippen LogP contribution in [0.15, 0.2) is 66.7 Å². The van der Waals surface area contributed by atoms with E-state index in [1.807, 2.05) is 54.6 Å². The zero-order valence-corrected chi connectivity index (χ0v) is 17.3. The molecule has 3 aromatic rings. The molecule has 0 radical (unpaired) electrons. The van der Waals surface area contributed by atoms with Crippen LogP contribution in [0.25, 0.3) is 0 Å². The van der Waals surface area contributed by atoms with Gasteiger partial charge in [-0.2, -0.15) is 0 Å². The molecule has 0 heterocycles. The summed E-state index contributed by atoms with van der Waals surface area (Å²) in [5.41, 5.74) is 3.07. The van der Waals surface area contributed by atoms with Gasteiger partial charge in [0.15, 0.2) is 0 Å². The lowest BCUT2D eigenvalue weighted by Crippen LogP contribution is -2.17. The summed E-state index contributed by atoms with van der Waals surface area (Å²) >= 11 is 12.5. The van der Waals surface area contributed by atoms with Gasteiger partial charge in [-0.15, -0.1) is 0 Å². The summed E-state index contributed by atoms with van der Waals surface area (Å²) in [6.07, 6.45) is 0.891. The third-order valence-electron chi connectivity index (χ3n) is 4.49. The lowest BCUT2D eigenvalue weighted by atomic mass is 10.1. The molecule has 0 aliphatic carbocycles. The Hall–Kier alpha value is -2.20. The number of methoxy groups -OCH3 is 1. The lowest BCUT2D eigenvalue weighted by molar-refractivity contribution is 0.302. The molecule has 5 heteroatoms. The summed E-state index contributed by atoms with van der Waals surface area (Å²) in [4.78, 5) is 0. The molecular weight excluding hydrogens is 393 g/mol. The third-order valence-corrected chi connectivity index (χ3v) is 5.19. The molecule has 0 bridgehead atoms. The molecule has 3 nitrogen and oxygen atoms in total. The third kappa shape index (κ3) is 5.41. The molecule has 146 valence electrons. The Morgan fingerprint density at radius 3 is 2.14 bits per heavy atom. The van der Waals surface area contributed by atoms with Crippen molar-refractivity contribution in [1.29, 1.82) is 0 Å². The second kappa shape index (κ2) is 10.4. The Morgan fingerprint density at radius 2 is 1.43 bits per heavy atom. The summed E-state index contributed by atoms with van der Waals surface area (Å²) in [5, 5.41) is 4.70. The highest BCUT2D eigenvalue weighted by atomic mass is 35.5. The molecule has 0 unspecified atom stereocenters. The standard InChI is InChI=1S/C23H23Cl2NO2/c1-27-22-11-4-2-7-17(22)13-14-26-15-18-8-3-5-12-23(18)28-16-19-20(24)9-6-10-21(19)25/h2-12,26H,13-16H2,1H3. The van der Waals surface area contributed by atoms with E-state index in [0.717, 1.165) is 35.6 Å². The van der Waals surface area contributed by atoms with E-state index in [9.17, 15) is 0 Å². The van der Waals surface area contributed by atoms with Gasteiger partial charge in [0.25, 0.3) is 0 Å². The average molecular weight is 416 g/mol. The first-order chi connectivity index (χ1) is 13.7. The molecular formula is C23H23Cl2NO2. The van der Waals surface area contributed by atoms with Crippen LogP contribution in [0, 0.1) is 0 Å². The highest BCUT2D eigenvalue weighted by molar-refractivity contribution is 6.35. The lowest BCUT2D eigenvalue weighted by Gasteiger charge is -2.14.